The topological polar surface area (TPSA) is 47.6 Å². The van der Waals surface area contributed by atoms with Gasteiger partial charge >= 0.3 is 0 Å². The molecule has 5 heteroatoms. The largest absolute Gasteiger partial charge is 0.494 e. The fourth-order valence-corrected chi connectivity index (χ4v) is 2.13. The molecule has 1 aromatic rings. The van der Waals surface area contributed by atoms with E-state index in [1.165, 1.54) is 19.2 Å². The molecule has 0 aliphatic carbocycles. The normalized spacial score (nSPS) is 23.1. The Balaban J connectivity index is 2.21. The molecule has 1 fully saturated rings. The molecule has 2 rings (SSSR count). The van der Waals surface area contributed by atoms with Gasteiger partial charge in [0.05, 0.1) is 26.2 Å². The van der Waals surface area contributed by atoms with Gasteiger partial charge in [-0.3, -0.25) is 4.79 Å². The molecule has 2 atom stereocenters. The first-order valence-corrected chi connectivity index (χ1v) is 5.80. The lowest BCUT2D eigenvalue weighted by molar-refractivity contribution is 0.0892. The van der Waals surface area contributed by atoms with E-state index in [1.807, 2.05) is 0 Å². The van der Waals surface area contributed by atoms with E-state index in [0.29, 0.717) is 18.8 Å². The summed E-state index contributed by atoms with van der Waals surface area (Å²) in [6.45, 7) is 0.879. The summed E-state index contributed by atoms with van der Waals surface area (Å²) in [6, 6.07) is 4.25. The number of likely N-dealkylation sites (N-methyl/N-ethyl adjacent to an activating group) is 1. The second-order valence-electron chi connectivity index (χ2n) is 4.25. The van der Waals surface area contributed by atoms with E-state index in [-0.39, 0.29) is 23.5 Å². The molecule has 0 saturated carbocycles. The molecule has 1 aromatic carbocycles. The lowest BCUT2D eigenvalue weighted by Crippen LogP contribution is -2.37. The van der Waals surface area contributed by atoms with Crippen LogP contribution in [0.15, 0.2) is 18.2 Å². The van der Waals surface area contributed by atoms with Crippen LogP contribution >= 0.6 is 0 Å². The number of carbonyl (C=O) groups is 1. The van der Waals surface area contributed by atoms with Crippen molar-refractivity contribution in [2.45, 2.75) is 6.04 Å². The molecule has 1 aliphatic rings. The molecule has 1 heterocycles. The lowest BCUT2D eigenvalue weighted by atomic mass is 9.93. The Morgan fingerprint density at radius 3 is 2.89 bits per heavy atom. The number of benzene rings is 1. The number of nitrogens with one attached hydrogen (secondary N) is 1. The Morgan fingerprint density at radius 2 is 2.28 bits per heavy atom. The summed E-state index contributed by atoms with van der Waals surface area (Å²) < 4.78 is 23.7. The SMILES string of the molecule is CNC1COCC1C(=O)c1ccc(OC)c(F)c1. The first-order chi connectivity index (χ1) is 8.67. The van der Waals surface area contributed by atoms with Gasteiger partial charge in [-0.15, -0.1) is 0 Å². The van der Waals surface area contributed by atoms with Crippen molar-refractivity contribution >= 4 is 5.78 Å². The minimum absolute atomic E-state index is 0.0114. The van der Waals surface area contributed by atoms with Crippen molar-refractivity contribution in [1.29, 1.82) is 0 Å². The fraction of sp³-hybridized carbons (Fsp3) is 0.462. The standard InChI is InChI=1S/C13H16FNO3/c1-15-11-7-18-6-9(11)13(16)8-3-4-12(17-2)10(14)5-8/h3-5,9,11,15H,6-7H2,1-2H3. The zero-order valence-corrected chi connectivity index (χ0v) is 10.4. The molecule has 0 bridgehead atoms. The highest BCUT2D eigenvalue weighted by Gasteiger charge is 2.33. The van der Waals surface area contributed by atoms with Crippen molar-refractivity contribution in [2.75, 3.05) is 27.4 Å². The van der Waals surface area contributed by atoms with E-state index in [1.54, 1.807) is 13.1 Å². The zero-order chi connectivity index (χ0) is 13.1. The Morgan fingerprint density at radius 1 is 1.50 bits per heavy atom. The number of Topliss-reactive ketones (excluding diaryl/α,β-unsaturated/α-hetero) is 1. The Hall–Kier alpha value is -1.46. The van der Waals surface area contributed by atoms with Crippen LogP contribution in [0, 0.1) is 11.7 Å². The number of ketones is 1. The van der Waals surface area contributed by atoms with E-state index in [9.17, 15) is 9.18 Å². The maximum Gasteiger partial charge on any atom is 0.170 e. The molecule has 2 unspecified atom stereocenters. The van der Waals surface area contributed by atoms with Gasteiger partial charge < -0.3 is 14.8 Å². The van der Waals surface area contributed by atoms with Gasteiger partial charge in [0.2, 0.25) is 0 Å². The smallest absolute Gasteiger partial charge is 0.170 e. The zero-order valence-electron chi connectivity index (χ0n) is 10.4. The molecule has 1 N–H and O–H groups in total. The van der Waals surface area contributed by atoms with Crippen molar-refractivity contribution in [3.05, 3.63) is 29.6 Å². The number of carbonyl (C=O) groups excluding carboxylic acids is 1. The van der Waals surface area contributed by atoms with Crippen molar-refractivity contribution < 1.29 is 18.7 Å². The number of methoxy groups -OCH3 is 1. The van der Waals surface area contributed by atoms with Gasteiger partial charge in [-0.1, -0.05) is 0 Å². The minimum atomic E-state index is -0.525. The molecular formula is C13H16FNO3. The number of rotatable bonds is 4. The number of halogens is 1. The molecule has 0 radical (unpaired) electrons. The summed E-state index contributed by atoms with van der Waals surface area (Å²) in [7, 11) is 3.18. The second-order valence-corrected chi connectivity index (χ2v) is 4.25. The average Bonchev–Trinajstić information content (AvgIpc) is 2.86. The Bertz CT molecular complexity index is 450. The third-order valence-corrected chi connectivity index (χ3v) is 3.22. The van der Waals surface area contributed by atoms with Crippen LogP contribution in [-0.2, 0) is 4.74 Å². The van der Waals surface area contributed by atoms with Crippen molar-refractivity contribution in [3.8, 4) is 5.75 Å². The third-order valence-electron chi connectivity index (χ3n) is 3.22. The first-order valence-electron chi connectivity index (χ1n) is 5.80. The number of hydrogen-bond acceptors (Lipinski definition) is 4. The molecule has 4 nitrogen and oxygen atoms in total. The van der Waals surface area contributed by atoms with Crippen LogP contribution in [0.4, 0.5) is 4.39 Å². The molecule has 1 saturated heterocycles. The van der Waals surface area contributed by atoms with E-state index < -0.39 is 5.82 Å². The van der Waals surface area contributed by atoms with Crippen LogP contribution in [0.3, 0.4) is 0 Å². The van der Waals surface area contributed by atoms with Crippen LogP contribution in [0.1, 0.15) is 10.4 Å². The van der Waals surface area contributed by atoms with E-state index in [4.69, 9.17) is 9.47 Å². The van der Waals surface area contributed by atoms with Crippen LogP contribution in [0.2, 0.25) is 0 Å². The molecule has 0 spiro atoms. The summed E-state index contributed by atoms with van der Waals surface area (Å²) >= 11 is 0. The van der Waals surface area contributed by atoms with E-state index in [0.717, 1.165) is 0 Å². The van der Waals surface area contributed by atoms with E-state index >= 15 is 0 Å². The first kappa shape index (κ1) is 13.0. The second kappa shape index (κ2) is 5.46. The van der Waals surface area contributed by atoms with Gasteiger partial charge in [-0.25, -0.2) is 4.39 Å². The van der Waals surface area contributed by atoms with Gasteiger partial charge in [0.25, 0.3) is 0 Å². The van der Waals surface area contributed by atoms with Crippen LogP contribution < -0.4 is 10.1 Å². The lowest BCUT2D eigenvalue weighted by Gasteiger charge is -2.15. The number of ether oxygens (including phenoxy) is 2. The maximum absolute atomic E-state index is 13.6. The molecule has 98 valence electrons. The summed E-state index contributed by atoms with van der Waals surface area (Å²) in [6.07, 6.45) is 0. The quantitative estimate of drug-likeness (QED) is 0.820. The molecule has 0 aromatic heterocycles. The van der Waals surface area contributed by atoms with Crippen LogP contribution in [0.25, 0.3) is 0 Å². The predicted octanol–water partition coefficient (Wildman–Crippen LogP) is 1.25. The van der Waals surface area contributed by atoms with Gasteiger partial charge in [0.1, 0.15) is 0 Å². The minimum Gasteiger partial charge on any atom is -0.494 e. The molecule has 18 heavy (non-hydrogen) atoms. The summed E-state index contributed by atoms with van der Waals surface area (Å²) in [5, 5.41) is 3.04. The average molecular weight is 253 g/mol. The fourth-order valence-electron chi connectivity index (χ4n) is 2.13. The van der Waals surface area contributed by atoms with Gasteiger partial charge in [0.15, 0.2) is 17.3 Å². The summed E-state index contributed by atoms with van der Waals surface area (Å²) in [5.74, 6) is -0.751. The Labute approximate surface area is 105 Å². The maximum atomic E-state index is 13.6. The van der Waals surface area contributed by atoms with Crippen molar-refractivity contribution in [1.82, 2.24) is 5.32 Å². The highest BCUT2D eigenvalue weighted by molar-refractivity contribution is 5.98. The van der Waals surface area contributed by atoms with E-state index in [2.05, 4.69) is 5.32 Å². The van der Waals surface area contributed by atoms with Crippen molar-refractivity contribution in [2.24, 2.45) is 5.92 Å². The van der Waals surface area contributed by atoms with Gasteiger partial charge in [-0.05, 0) is 25.2 Å². The van der Waals surface area contributed by atoms with Crippen LogP contribution in [0.5, 0.6) is 5.75 Å². The van der Waals surface area contributed by atoms with Crippen molar-refractivity contribution in [3.63, 3.8) is 0 Å². The van der Waals surface area contributed by atoms with Crippen LogP contribution in [-0.4, -0.2) is 39.2 Å². The predicted molar refractivity (Wildman–Crippen MR) is 64.4 cm³/mol. The Kier molecular flexibility index (Phi) is 3.93. The van der Waals surface area contributed by atoms with Gasteiger partial charge in [-0.2, -0.15) is 0 Å². The monoisotopic (exact) mass is 253 g/mol. The molecule has 1 aliphatic heterocycles. The number of hydrogen-bond donors (Lipinski definition) is 1. The highest BCUT2D eigenvalue weighted by Crippen LogP contribution is 2.23. The summed E-state index contributed by atoms with van der Waals surface area (Å²) in [5.41, 5.74) is 0.351. The third kappa shape index (κ3) is 2.37. The highest BCUT2D eigenvalue weighted by atomic mass is 19.1. The molecular weight excluding hydrogens is 237 g/mol. The summed E-state index contributed by atoms with van der Waals surface area (Å²) in [4.78, 5) is 12.2. The molecule has 0 amide bonds. The van der Waals surface area contributed by atoms with Gasteiger partial charge in [0, 0.05) is 11.6 Å².